The van der Waals surface area contributed by atoms with Gasteiger partial charge in [0, 0.05) is 6.54 Å². The SMILES string of the molecule is CC(C)CCNC(=O)CN1C(=O)[C@@H]2CC=CC[C@H]2C1=O. The molecule has 0 aromatic rings. The Hall–Kier alpha value is -1.65. The molecular weight excluding hydrogens is 256 g/mol. The maximum Gasteiger partial charge on any atom is 0.240 e. The van der Waals surface area contributed by atoms with Gasteiger partial charge in [-0.2, -0.15) is 0 Å². The predicted octanol–water partition coefficient (Wildman–Crippen LogP) is 1.10. The number of amides is 3. The molecule has 1 fully saturated rings. The minimum atomic E-state index is -0.254. The average Bonchev–Trinajstić information content (AvgIpc) is 2.64. The van der Waals surface area contributed by atoms with Crippen molar-refractivity contribution in [1.82, 2.24) is 10.2 Å². The Balaban J connectivity index is 1.88. The quantitative estimate of drug-likeness (QED) is 0.605. The van der Waals surface area contributed by atoms with Gasteiger partial charge in [0.25, 0.3) is 0 Å². The van der Waals surface area contributed by atoms with Crippen LogP contribution in [-0.2, 0) is 14.4 Å². The molecule has 2 rings (SSSR count). The van der Waals surface area contributed by atoms with Crippen LogP contribution < -0.4 is 5.32 Å². The summed E-state index contributed by atoms with van der Waals surface area (Å²) in [6.45, 7) is 4.61. The van der Waals surface area contributed by atoms with Gasteiger partial charge < -0.3 is 5.32 Å². The summed E-state index contributed by atoms with van der Waals surface area (Å²) in [7, 11) is 0. The summed E-state index contributed by atoms with van der Waals surface area (Å²) in [6.07, 6.45) is 6.00. The van der Waals surface area contributed by atoms with Crippen molar-refractivity contribution < 1.29 is 14.4 Å². The van der Waals surface area contributed by atoms with Crippen LogP contribution in [0.1, 0.15) is 33.1 Å². The van der Waals surface area contributed by atoms with Crippen LogP contribution >= 0.6 is 0 Å². The Bertz CT molecular complexity index is 416. The lowest BCUT2D eigenvalue weighted by Gasteiger charge is -2.14. The Morgan fingerprint density at radius 1 is 1.25 bits per heavy atom. The van der Waals surface area contributed by atoms with Gasteiger partial charge in [0.1, 0.15) is 6.54 Å². The van der Waals surface area contributed by atoms with Crippen molar-refractivity contribution in [3.05, 3.63) is 12.2 Å². The summed E-state index contributed by atoms with van der Waals surface area (Å²) in [5.41, 5.74) is 0. The van der Waals surface area contributed by atoms with E-state index in [2.05, 4.69) is 19.2 Å². The first-order valence-electron chi connectivity index (χ1n) is 7.27. The molecule has 20 heavy (non-hydrogen) atoms. The first kappa shape index (κ1) is 14.8. The van der Waals surface area contributed by atoms with Gasteiger partial charge in [-0.15, -0.1) is 0 Å². The number of rotatable bonds is 5. The first-order chi connectivity index (χ1) is 9.50. The highest BCUT2D eigenvalue weighted by Crippen LogP contribution is 2.34. The van der Waals surface area contributed by atoms with E-state index in [1.54, 1.807) is 0 Å². The molecule has 0 saturated carbocycles. The topological polar surface area (TPSA) is 66.5 Å². The van der Waals surface area contributed by atoms with Crippen LogP contribution in [-0.4, -0.2) is 35.7 Å². The van der Waals surface area contributed by atoms with Crippen molar-refractivity contribution in [2.45, 2.75) is 33.1 Å². The van der Waals surface area contributed by atoms with Crippen LogP contribution in [0, 0.1) is 17.8 Å². The molecule has 1 aliphatic heterocycles. The minimum absolute atomic E-state index is 0.136. The molecule has 0 aromatic carbocycles. The lowest BCUT2D eigenvalue weighted by atomic mass is 9.85. The van der Waals surface area contributed by atoms with Gasteiger partial charge in [-0.05, 0) is 25.2 Å². The van der Waals surface area contributed by atoms with Crippen LogP contribution in [0.15, 0.2) is 12.2 Å². The van der Waals surface area contributed by atoms with E-state index < -0.39 is 0 Å². The van der Waals surface area contributed by atoms with Gasteiger partial charge in [0.2, 0.25) is 17.7 Å². The van der Waals surface area contributed by atoms with Crippen molar-refractivity contribution in [3.8, 4) is 0 Å². The molecule has 0 aromatic heterocycles. The summed E-state index contributed by atoms with van der Waals surface area (Å²) < 4.78 is 0. The van der Waals surface area contributed by atoms with Crippen LogP contribution in [0.2, 0.25) is 0 Å². The summed E-state index contributed by atoms with van der Waals surface area (Å²) >= 11 is 0. The molecule has 5 heteroatoms. The number of carbonyl (C=O) groups excluding carboxylic acids is 3. The average molecular weight is 278 g/mol. The molecule has 1 saturated heterocycles. The van der Waals surface area contributed by atoms with E-state index in [0.717, 1.165) is 11.3 Å². The van der Waals surface area contributed by atoms with E-state index in [9.17, 15) is 14.4 Å². The number of imide groups is 1. The highest BCUT2D eigenvalue weighted by molar-refractivity contribution is 6.07. The smallest absolute Gasteiger partial charge is 0.240 e. The number of hydrogen-bond acceptors (Lipinski definition) is 3. The Labute approximate surface area is 119 Å². The van der Waals surface area contributed by atoms with Crippen LogP contribution in [0.25, 0.3) is 0 Å². The van der Waals surface area contributed by atoms with Gasteiger partial charge in [0.15, 0.2) is 0 Å². The Morgan fingerprint density at radius 2 is 1.80 bits per heavy atom. The number of hydrogen-bond donors (Lipinski definition) is 1. The number of carbonyl (C=O) groups is 3. The molecule has 2 aliphatic rings. The van der Waals surface area contributed by atoms with Gasteiger partial charge in [0.05, 0.1) is 11.8 Å². The molecule has 0 bridgehead atoms. The lowest BCUT2D eigenvalue weighted by Crippen LogP contribution is -2.41. The van der Waals surface area contributed by atoms with E-state index in [1.807, 2.05) is 12.2 Å². The third kappa shape index (κ3) is 3.08. The second-order valence-corrected chi connectivity index (χ2v) is 5.95. The van der Waals surface area contributed by atoms with Gasteiger partial charge in [-0.3, -0.25) is 19.3 Å². The number of allylic oxidation sites excluding steroid dienone is 2. The molecule has 1 heterocycles. The largest absolute Gasteiger partial charge is 0.355 e. The zero-order chi connectivity index (χ0) is 14.7. The van der Waals surface area contributed by atoms with E-state index in [1.165, 1.54) is 0 Å². The molecule has 0 spiro atoms. The van der Waals surface area contributed by atoms with E-state index in [-0.39, 0.29) is 36.1 Å². The van der Waals surface area contributed by atoms with Gasteiger partial charge in [-0.1, -0.05) is 26.0 Å². The molecule has 3 amide bonds. The van der Waals surface area contributed by atoms with Gasteiger partial charge >= 0.3 is 0 Å². The highest BCUT2D eigenvalue weighted by Gasteiger charge is 2.47. The third-order valence-corrected chi connectivity index (χ3v) is 3.94. The second kappa shape index (κ2) is 6.20. The molecular formula is C15H22N2O3. The lowest BCUT2D eigenvalue weighted by molar-refractivity contribution is -0.143. The Morgan fingerprint density at radius 3 is 2.30 bits per heavy atom. The zero-order valence-corrected chi connectivity index (χ0v) is 12.1. The fraction of sp³-hybridized carbons (Fsp3) is 0.667. The fourth-order valence-electron chi connectivity index (χ4n) is 2.72. The number of nitrogens with zero attached hydrogens (tertiary/aromatic N) is 1. The van der Waals surface area contributed by atoms with E-state index >= 15 is 0 Å². The molecule has 0 radical (unpaired) electrons. The Kier molecular flexibility index (Phi) is 4.57. The third-order valence-electron chi connectivity index (χ3n) is 3.94. The first-order valence-corrected chi connectivity index (χ1v) is 7.27. The van der Waals surface area contributed by atoms with Crippen LogP contribution in [0.5, 0.6) is 0 Å². The molecule has 1 aliphatic carbocycles. The maximum absolute atomic E-state index is 12.2. The monoisotopic (exact) mass is 278 g/mol. The zero-order valence-electron chi connectivity index (χ0n) is 12.1. The molecule has 2 atom stereocenters. The van der Waals surface area contributed by atoms with E-state index in [4.69, 9.17) is 0 Å². The predicted molar refractivity (Wildman–Crippen MR) is 74.5 cm³/mol. The van der Waals surface area contributed by atoms with Crippen molar-refractivity contribution in [1.29, 1.82) is 0 Å². The number of likely N-dealkylation sites (tertiary alicyclic amines) is 1. The second-order valence-electron chi connectivity index (χ2n) is 5.95. The van der Waals surface area contributed by atoms with Crippen molar-refractivity contribution in [2.24, 2.45) is 17.8 Å². The summed E-state index contributed by atoms with van der Waals surface area (Å²) in [5, 5.41) is 2.76. The van der Waals surface area contributed by atoms with Gasteiger partial charge in [-0.25, -0.2) is 0 Å². The standard InChI is InChI=1S/C15H22N2O3/c1-10(2)7-8-16-13(18)9-17-14(19)11-5-3-4-6-12(11)15(17)20/h3-4,10-12H,5-9H2,1-2H3,(H,16,18)/t11-,12-/m1/s1. The van der Waals surface area contributed by atoms with Crippen molar-refractivity contribution in [3.63, 3.8) is 0 Å². The van der Waals surface area contributed by atoms with Crippen molar-refractivity contribution >= 4 is 17.7 Å². The fourth-order valence-corrected chi connectivity index (χ4v) is 2.72. The maximum atomic E-state index is 12.2. The van der Waals surface area contributed by atoms with Crippen LogP contribution in [0.3, 0.4) is 0 Å². The number of fused-ring (bicyclic) bond motifs is 1. The normalized spacial score (nSPS) is 25.2. The molecule has 0 unspecified atom stereocenters. The van der Waals surface area contributed by atoms with E-state index in [0.29, 0.717) is 25.3 Å². The summed E-state index contributed by atoms with van der Waals surface area (Å²) in [5.74, 6) is -0.628. The van der Waals surface area contributed by atoms with Crippen LogP contribution in [0.4, 0.5) is 0 Å². The summed E-state index contributed by atoms with van der Waals surface area (Å²) in [4.78, 5) is 37.3. The van der Waals surface area contributed by atoms with Crippen molar-refractivity contribution in [2.75, 3.05) is 13.1 Å². The minimum Gasteiger partial charge on any atom is -0.355 e. The number of nitrogens with one attached hydrogen (secondary N) is 1. The molecule has 1 N–H and O–H groups in total. The molecule has 110 valence electrons. The molecule has 5 nitrogen and oxygen atoms in total. The summed E-state index contributed by atoms with van der Waals surface area (Å²) in [6, 6.07) is 0. The highest BCUT2D eigenvalue weighted by atomic mass is 16.2.